The van der Waals surface area contributed by atoms with E-state index in [1.807, 2.05) is 78.9 Å². The molecule has 4 aromatic rings. The number of aryl methyl sites for hydroxylation is 2. The van der Waals surface area contributed by atoms with Crippen LogP contribution in [0, 0.1) is 0 Å². The van der Waals surface area contributed by atoms with Crippen LogP contribution in [0.2, 0.25) is 0 Å². The largest absolute Gasteiger partial charge is 0.326 e. The minimum absolute atomic E-state index is 0.00296. The van der Waals surface area contributed by atoms with Crippen molar-refractivity contribution >= 4 is 34.3 Å². The smallest absolute Gasteiger partial charge is 0.251 e. The number of pyridine rings is 1. The van der Waals surface area contributed by atoms with E-state index in [-0.39, 0.29) is 11.5 Å². The van der Waals surface area contributed by atoms with Crippen molar-refractivity contribution in [2.45, 2.75) is 22.6 Å². The third-order valence-electron chi connectivity index (χ3n) is 4.97. The molecule has 0 saturated carbocycles. The molecule has 1 aromatic heterocycles. The number of para-hydroxylation sites is 1. The molecule has 0 spiro atoms. The molecule has 0 unspecified atom stereocenters. The Morgan fingerprint density at radius 2 is 1.63 bits per heavy atom. The van der Waals surface area contributed by atoms with Gasteiger partial charge in [-0.1, -0.05) is 60.3 Å². The number of nitrogens with zero attached hydrogens (tertiary/aromatic N) is 1. The number of benzene rings is 3. The van der Waals surface area contributed by atoms with Crippen LogP contribution in [0.15, 0.2) is 99.5 Å². The molecule has 0 saturated heterocycles. The zero-order valence-corrected chi connectivity index (χ0v) is 17.5. The standard InChI is InChI=1S/C25H22N2O2S/c1-27-22-10-6-5-9-21(22)23(17-25(27)29)30-20-14-12-19(13-15-20)26-24(28)16-11-18-7-3-2-4-8-18/h2-10,12-15,17H,11,16H2,1H3,(H,26,28). The predicted octanol–water partition coefficient (Wildman–Crippen LogP) is 5.26. The maximum atomic E-state index is 12.3. The molecule has 0 atom stereocenters. The van der Waals surface area contributed by atoms with Gasteiger partial charge in [-0.25, -0.2) is 0 Å². The maximum absolute atomic E-state index is 12.3. The molecule has 0 aliphatic heterocycles. The molecule has 1 N–H and O–H groups in total. The van der Waals surface area contributed by atoms with E-state index in [1.54, 1.807) is 29.4 Å². The normalized spacial score (nSPS) is 10.8. The second-order valence-corrected chi connectivity index (χ2v) is 8.20. The fraction of sp³-hybridized carbons (Fsp3) is 0.120. The highest BCUT2D eigenvalue weighted by Gasteiger charge is 2.08. The summed E-state index contributed by atoms with van der Waals surface area (Å²) in [4.78, 5) is 26.4. The number of carbonyl (C=O) groups is 1. The number of carbonyl (C=O) groups excluding carboxylic acids is 1. The summed E-state index contributed by atoms with van der Waals surface area (Å²) in [5, 5.41) is 3.99. The first-order valence-corrected chi connectivity index (χ1v) is 10.6. The molecule has 0 aliphatic rings. The second kappa shape index (κ2) is 9.01. The lowest BCUT2D eigenvalue weighted by atomic mass is 10.1. The van der Waals surface area contributed by atoms with Crippen LogP contribution in [0.5, 0.6) is 0 Å². The molecule has 0 bridgehead atoms. The van der Waals surface area contributed by atoms with E-state index in [2.05, 4.69) is 5.32 Å². The van der Waals surface area contributed by atoms with Gasteiger partial charge in [0.15, 0.2) is 0 Å². The van der Waals surface area contributed by atoms with Crippen molar-refractivity contribution < 1.29 is 4.79 Å². The van der Waals surface area contributed by atoms with Gasteiger partial charge < -0.3 is 9.88 Å². The highest BCUT2D eigenvalue weighted by atomic mass is 32.2. The highest BCUT2D eigenvalue weighted by Crippen LogP contribution is 2.32. The van der Waals surface area contributed by atoms with Gasteiger partial charge in [0.05, 0.1) is 5.52 Å². The van der Waals surface area contributed by atoms with Crippen molar-refractivity contribution in [3.8, 4) is 0 Å². The lowest BCUT2D eigenvalue weighted by Gasteiger charge is -2.10. The highest BCUT2D eigenvalue weighted by molar-refractivity contribution is 7.99. The van der Waals surface area contributed by atoms with Gasteiger partial charge in [-0.15, -0.1) is 0 Å². The van der Waals surface area contributed by atoms with Crippen molar-refractivity contribution in [2.75, 3.05) is 5.32 Å². The Hall–Kier alpha value is -3.31. The summed E-state index contributed by atoms with van der Waals surface area (Å²) in [7, 11) is 1.79. The number of hydrogen-bond acceptors (Lipinski definition) is 3. The molecular formula is C25H22N2O2S. The number of amides is 1. The first-order chi connectivity index (χ1) is 14.6. The lowest BCUT2D eigenvalue weighted by Crippen LogP contribution is -2.16. The van der Waals surface area contributed by atoms with Gasteiger partial charge in [0, 0.05) is 40.4 Å². The Morgan fingerprint density at radius 1 is 0.933 bits per heavy atom. The first kappa shape index (κ1) is 20.0. The SMILES string of the molecule is Cn1c(=O)cc(Sc2ccc(NC(=O)CCc3ccccc3)cc2)c2ccccc21. The average molecular weight is 415 g/mol. The van der Waals surface area contributed by atoms with Crippen LogP contribution >= 0.6 is 11.8 Å². The molecule has 0 radical (unpaired) electrons. The van der Waals surface area contributed by atoms with Gasteiger partial charge in [-0.3, -0.25) is 9.59 Å². The second-order valence-electron chi connectivity index (χ2n) is 7.08. The minimum atomic E-state index is -0.0292. The zero-order valence-electron chi connectivity index (χ0n) is 16.7. The number of aromatic nitrogens is 1. The average Bonchev–Trinajstić information content (AvgIpc) is 2.78. The minimum Gasteiger partial charge on any atom is -0.326 e. The van der Waals surface area contributed by atoms with Crippen LogP contribution in [-0.2, 0) is 18.3 Å². The number of anilines is 1. The fourth-order valence-corrected chi connectivity index (χ4v) is 4.29. The Bertz CT molecular complexity index is 1230. The van der Waals surface area contributed by atoms with E-state index in [0.29, 0.717) is 6.42 Å². The molecule has 0 aliphatic carbocycles. The molecule has 1 heterocycles. The van der Waals surface area contributed by atoms with E-state index >= 15 is 0 Å². The van der Waals surface area contributed by atoms with Crippen molar-refractivity contribution in [1.82, 2.24) is 4.57 Å². The van der Waals surface area contributed by atoms with Crippen LogP contribution in [0.25, 0.3) is 10.9 Å². The zero-order chi connectivity index (χ0) is 20.9. The monoisotopic (exact) mass is 414 g/mol. The van der Waals surface area contributed by atoms with E-state index in [9.17, 15) is 9.59 Å². The summed E-state index contributed by atoms with van der Waals surface area (Å²) in [6.45, 7) is 0. The Morgan fingerprint density at radius 3 is 2.40 bits per heavy atom. The summed E-state index contributed by atoms with van der Waals surface area (Å²) < 4.78 is 1.66. The predicted molar refractivity (Wildman–Crippen MR) is 123 cm³/mol. The summed E-state index contributed by atoms with van der Waals surface area (Å²) in [5.74, 6) is -0.00296. The molecule has 150 valence electrons. The van der Waals surface area contributed by atoms with Gasteiger partial charge in [-0.2, -0.15) is 0 Å². The van der Waals surface area contributed by atoms with E-state index in [4.69, 9.17) is 0 Å². The van der Waals surface area contributed by atoms with Crippen molar-refractivity contribution in [3.63, 3.8) is 0 Å². The number of fused-ring (bicyclic) bond motifs is 1. The van der Waals surface area contributed by atoms with Gasteiger partial charge in [0.25, 0.3) is 5.56 Å². The molecule has 0 fully saturated rings. The van der Waals surface area contributed by atoms with E-state index < -0.39 is 0 Å². The van der Waals surface area contributed by atoms with Crippen LogP contribution in [0.4, 0.5) is 5.69 Å². The van der Waals surface area contributed by atoms with Gasteiger partial charge >= 0.3 is 0 Å². The van der Waals surface area contributed by atoms with Gasteiger partial charge in [-0.05, 0) is 42.3 Å². The topological polar surface area (TPSA) is 51.1 Å². The molecule has 4 rings (SSSR count). The molecule has 4 nitrogen and oxygen atoms in total. The number of hydrogen-bond donors (Lipinski definition) is 1. The summed E-state index contributed by atoms with van der Waals surface area (Å²) >= 11 is 1.55. The third-order valence-corrected chi connectivity index (χ3v) is 6.03. The molecule has 30 heavy (non-hydrogen) atoms. The number of rotatable bonds is 6. The Balaban J connectivity index is 1.43. The van der Waals surface area contributed by atoms with Gasteiger partial charge in [0.2, 0.25) is 5.91 Å². The lowest BCUT2D eigenvalue weighted by molar-refractivity contribution is -0.116. The number of nitrogens with one attached hydrogen (secondary N) is 1. The molecular weight excluding hydrogens is 392 g/mol. The van der Waals surface area contributed by atoms with E-state index in [0.717, 1.165) is 38.4 Å². The summed E-state index contributed by atoms with van der Waals surface area (Å²) in [6.07, 6.45) is 1.16. The summed E-state index contributed by atoms with van der Waals surface area (Å²) in [5.41, 5.74) is 2.81. The maximum Gasteiger partial charge on any atom is 0.251 e. The Labute approximate surface area is 179 Å². The van der Waals surface area contributed by atoms with Crippen LogP contribution in [0.3, 0.4) is 0 Å². The van der Waals surface area contributed by atoms with Crippen molar-refractivity contribution in [1.29, 1.82) is 0 Å². The molecule has 5 heteroatoms. The quantitative estimate of drug-likeness (QED) is 0.468. The molecule has 3 aromatic carbocycles. The van der Waals surface area contributed by atoms with Crippen LogP contribution in [0.1, 0.15) is 12.0 Å². The fourth-order valence-electron chi connectivity index (χ4n) is 3.32. The molecule has 1 amide bonds. The van der Waals surface area contributed by atoms with Crippen LogP contribution in [-0.4, -0.2) is 10.5 Å². The van der Waals surface area contributed by atoms with Crippen molar-refractivity contribution in [3.05, 3.63) is 101 Å². The van der Waals surface area contributed by atoms with E-state index in [1.165, 1.54) is 0 Å². The van der Waals surface area contributed by atoms with Crippen molar-refractivity contribution in [2.24, 2.45) is 7.05 Å². The Kier molecular flexibility index (Phi) is 6.00. The summed E-state index contributed by atoms with van der Waals surface area (Å²) in [6, 6.07) is 27.3. The third kappa shape index (κ3) is 4.63. The van der Waals surface area contributed by atoms with Gasteiger partial charge in [0.1, 0.15) is 0 Å². The van der Waals surface area contributed by atoms with Crippen LogP contribution < -0.4 is 10.9 Å². The first-order valence-electron chi connectivity index (χ1n) is 9.80.